The molecule has 0 aromatic heterocycles. The van der Waals surface area contributed by atoms with Crippen LogP contribution in [-0.2, 0) is 4.79 Å². The molecule has 110 valence electrons. The summed E-state index contributed by atoms with van der Waals surface area (Å²) in [5.74, 6) is -0.445. The minimum Gasteiger partial charge on any atom is -0.355 e. The van der Waals surface area contributed by atoms with Gasteiger partial charge in [0, 0.05) is 23.5 Å². The second kappa shape index (κ2) is 7.09. The standard InChI is InChI=1S/C16H16ClFN2O/c1-2-3-16(21)20-12-6-4-11(5-7-12)19-13-8-9-15(18)14(17)10-13/h4-10,19H,2-3H2,1H3,(H,20,21). The summed E-state index contributed by atoms with van der Waals surface area (Å²) in [5, 5.41) is 6.00. The molecule has 0 aliphatic rings. The van der Waals surface area contributed by atoms with Crippen molar-refractivity contribution in [2.45, 2.75) is 19.8 Å². The average Bonchev–Trinajstić information content (AvgIpc) is 2.45. The largest absolute Gasteiger partial charge is 0.355 e. The smallest absolute Gasteiger partial charge is 0.224 e. The van der Waals surface area contributed by atoms with Crippen LogP contribution in [-0.4, -0.2) is 5.91 Å². The molecular formula is C16H16ClFN2O. The Morgan fingerprint density at radius 3 is 2.33 bits per heavy atom. The second-order valence-corrected chi connectivity index (χ2v) is 5.04. The first-order chi connectivity index (χ1) is 10.1. The van der Waals surface area contributed by atoms with Crippen molar-refractivity contribution in [3.8, 4) is 0 Å². The number of nitrogens with one attached hydrogen (secondary N) is 2. The molecule has 0 saturated heterocycles. The number of amides is 1. The molecule has 0 saturated carbocycles. The normalized spacial score (nSPS) is 10.2. The minimum absolute atomic E-state index is 0.00326. The molecule has 1 amide bonds. The maximum absolute atomic E-state index is 13.1. The SMILES string of the molecule is CCCC(=O)Nc1ccc(Nc2ccc(F)c(Cl)c2)cc1. The maximum atomic E-state index is 13.1. The van der Waals surface area contributed by atoms with E-state index < -0.39 is 5.82 Å². The van der Waals surface area contributed by atoms with Crippen LogP contribution in [0.2, 0.25) is 5.02 Å². The van der Waals surface area contributed by atoms with Crippen LogP contribution < -0.4 is 10.6 Å². The fourth-order valence-corrected chi connectivity index (χ4v) is 2.01. The van der Waals surface area contributed by atoms with E-state index in [4.69, 9.17) is 11.6 Å². The van der Waals surface area contributed by atoms with Crippen LogP contribution in [0.4, 0.5) is 21.5 Å². The predicted octanol–water partition coefficient (Wildman–Crippen LogP) is 4.96. The Morgan fingerprint density at radius 2 is 1.71 bits per heavy atom. The van der Waals surface area contributed by atoms with Gasteiger partial charge < -0.3 is 10.6 Å². The number of hydrogen-bond acceptors (Lipinski definition) is 2. The van der Waals surface area contributed by atoms with E-state index in [1.807, 2.05) is 19.1 Å². The number of halogens is 2. The third-order valence-electron chi connectivity index (χ3n) is 2.85. The van der Waals surface area contributed by atoms with Gasteiger partial charge in [0.05, 0.1) is 5.02 Å². The van der Waals surface area contributed by atoms with Gasteiger partial charge in [-0.05, 0) is 48.9 Å². The van der Waals surface area contributed by atoms with Gasteiger partial charge in [-0.2, -0.15) is 0 Å². The highest BCUT2D eigenvalue weighted by molar-refractivity contribution is 6.31. The van der Waals surface area contributed by atoms with Gasteiger partial charge in [0.25, 0.3) is 0 Å². The molecule has 0 aliphatic carbocycles. The molecular weight excluding hydrogens is 291 g/mol. The molecule has 0 unspecified atom stereocenters. The number of carbonyl (C=O) groups excluding carboxylic acids is 1. The van der Waals surface area contributed by atoms with Gasteiger partial charge in [-0.1, -0.05) is 18.5 Å². The third kappa shape index (κ3) is 4.46. The number of hydrogen-bond donors (Lipinski definition) is 2. The molecule has 2 rings (SSSR count). The lowest BCUT2D eigenvalue weighted by Gasteiger charge is -2.09. The van der Waals surface area contributed by atoms with Gasteiger partial charge in [0.15, 0.2) is 0 Å². The molecule has 0 bridgehead atoms. The average molecular weight is 307 g/mol. The summed E-state index contributed by atoms with van der Waals surface area (Å²) in [6.07, 6.45) is 1.32. The summed E-state index contributed by atoms with van der Waals surface area (Å²) in [6.45, 7) is 1.96. The molecule has 0 aliphatic heterocycles. The first-order valence-corrected chi connectivity index (χ1v) is 7.08. The lowest BCUT2D eigenvalue weighted by Crippen LogP contribution is -2.10. The van der Waals surface area contributed by atoms with Gasteiger partial charge in [-0.15, -0.1) is 0 Å². The summed E-state index contributed by atoms with van der Waals surface area (Å²) in [4.78, 5) is 11.5. The lowest BCUT2D eigenvalue weighted by molar-refractivity contribution is -0.116. The molecule has 0 spiro atoms. The van der Waals surface area contributed by atoms with Crippen LogP contribution in [0.15, 0.2) is 42.5 Å². The zero-order valence-corrected chi connectivity index (χ0v) is 12.4. The summed E-state index contributed by atoms with van der Waals surface area (Å²) < 4.78 is 13.1. The highest BCUT2D eigenvalue weighted by atomic mass is 35.5. The quantitative estimate of drug-likeness (QED) is 0.819. The van der Waals surface area contributed by atoms with Crippen LogP contribution in [0.1, 0.15) is 19.8 Å². The van der Waals surface area contributed by atoms with Gasteiger partial charge >= 0.3 is 0 Å². The summed E-state index contributed by atoms with van der Waals surface area (Å²) in [5.41, 5.74) is 2.27. The number of carbonyl (C=O) groups is 1. The summed E-state index contributed by atoms with van der Waals surface area (Å²) in [6, 6.07) is 11.7. The molecule has 0 atom stereocenters. The molecule has 5 heteroatoms. The zero-order chi connectivity index (χ0) is 15.2. The predicted molar refractivity (Wildman–Crippen MR) is 84.7 cm³/mol. The maximum Gasteiger partial charge on any atom is 0.224 e. The number of anilines is 3. The highest BCUT2D eigenvalue weighted by Crippen LogP contribution is 2.23. The fraction of sp³-hybridized carbons (Fsp3) is 0.188. The van der Waals surface area contributed by atoms with Crippen molar-refractivity contribution in [1.29, 1.82) is 0 Å². The summed E-state index contributed by atoms with van der Waals surface area (Å²) >= 11 is 5.73. The van der Waals surface area contributed by atoms with Crippen LogP contribution in [0.5, 0.6) is 0 Å². The molecule has 0 heterocycles. The zero-order valence-electron chi connectivity index (χ0n) is 11.6. The number of benzene rings is 2. The Balaban J connectivity index is 2.01. The molecule has 0 fully saturated rings. The van der Waals surface area contributed by atoms with Crippen molar-refractivity contribution in [1.82, 2.24) is 0 Å². The van der Waals surface area contributed by atoms with E-state index in [1.54, 1.807) is 18.2 Å². The van der Waals surface area contributed by atoms with Crippen molar-refractivity contribution >= 4 is 34.6 Å². The van der Waals surface area contributed by atoms with Crippen LogP contribution in [0.25, 0.3) is 0 Å². The molecule has 0 radical (unpaired) electrons. The van der Waals surface area contributed by atoms with Gasteiger partial charge in [0.2, 0.25) is 5.91 Å². The van der Waals surface area contributed by atoms with Crippen molar-refractivity contribution in [3.05, 3.63) is 53.3 Å². The van der Waals surface area contributed by atoms with Gasteiger partial charge in [-0.25, -0.2) is 4.39 Å². The second-order valence-electron chi connectivity index (χ2n) is 4.63. The third-order valence-corrected chi connectivity index (χ3v) is 3.14. The molecule has 2 aromatic carbocycles. The van der Waals surface area contributed by atoms with Crippen LogP contribution >= 0.6 is 11.6 Å². The Morgan fingerprint density at radius 1 is 1.10 bits per heavy atom. The van der Waals surface area contributed by atoms with E-state index in [9.17, 15) is 9.18 Å². The molecule has 3 nitrogen and oxygen atoms in total. The van der Waals surface area contributed by atoms with E-state index in [0.717, 1.165) is 17.8 Å². The van der Waals surface area contributed by atoms with Crippen molar-refractivity contribution < 1.29 is 9.18 Å². The van der Waals surface area contributed by atoms with Crippen molar-refractivity contribution in [2.24, 2.45) is 0 Å². The van der Waals surface area contributed by atoms with E-state index >= 15 is 0 Å². The molecule has 2 aromatic rings. The lowest BCUT2D eigenvalue weighted by atomic mass is 10.2. The Hall–Kier alpha value is -2.07. The molecule has 2 N–H and O–H groups in total. The van der Waals surface area contributed by atoms with E-state index in [2.05, 4.69) is 10.6 Å². The first-order valence-electron chi connectivity index (χ1n) is 6.70. The van der Waals surface area contributed by atoms with Crippen LogP contribution in [0.3, 0.4) is 0 Å². The Bertz CT molecular complexity index is 629. The topological polar surface area (TPSA) is 41.1 Å². The van der Waals surface area contributed by atoms with Gasteiger partial charge in [-0.3, -0.25) is 4.79 Å². The van der Waals surface area contributed by atoms with E-state index in [-0.39, 0.29) is 10.9 Å². The van der Waals surface area contributed by atoms with Gasteiger partial charge in [0.1, 0.15) is 5.82 Å². The van der Waals surface area contributed by atoms with Crippen LogP contribution in [0, 0.1) is 5.82 Å². The fourth-order valence-electron chi connectivity index (χ4n) is 1.83. The Labute approximate surface area is 128 Å². The highest BCUT2D eigenvalue weighted by Gasteiger charge is 2.03. The van der Waals surface area contributed by atoms with E-state index in [1.165, 1.54) is 12.1 Å². The number of rotatable bonds is 5. The summed E-state index contributed by atoms with van der Waals surface area (Å²) in [7, 11) is 0. The van der Waals surface area contributed by atoms with Crippen molar-refractivity contribution in [2.75, 3.05) is 10.6 Å². The Kier molecular flexibility index (Phi) is 5.17. The first kappa shape index (κ1) is 15.3. The monoisotopic (exact) mass is 306 g/mol. The minimum atomic E-state index is -0.448. The van der Waals surface area contributed by atoms with Crippen molar-refractivity contribution in [3.63, 3.8) is 0 Å². The molecule has 21 heavy (non-hydrogen) atoms. The van der Waals surface area contributed by atoms with E-state index in [0.29, 0.717) is 12.1 Å².